The first kappa shape index (κ1) is 24.6. The average Bonchev–Trinajstić information content (AvgIpc) is 3.21. The smallest absolute Gasteiger partial charge is 0.416 e. The Morgan fingerprint density at radius 3 is 2.62 bits per heavy atom. The van der Waals surface area contributed by atoms with Crippen LogP contribution in [-0.2, 0) is 29.2 Å². The second-order valence-corrected chi connectivity index (χ2v) is 11.1. The molecule has 1 saturated heterocycles. The molecule has 6 nitrogen and oxygen atoms in total. The van der Waals surface area contributed by atoms with Crippen LogP contribution in [0.15, 0.2) is 36.4 Å². The molecular formula is C28H31F3N2O4. The predicted octanol–water partition coefficient (Wildman–Crippen LogP) is 3.65. The fourth-order valence-corrected chi connectivity index (χ4v) is 7.60. The van der Waals surface area contributed by atoms with Crippen molar-refractivity contribution in [2.24, 2.45) is 0 Å². The van der Waals surface area contributed by atoms with Gasteiger partial charge in [-0.2, -0.15) is 13.2 Å². The Hall–Kier alpha value is -2.78. The summed E-state index contributed by atoms with van der Waals surface area (Å²) in [5.41, 5.74) is 0.191. The van der Waals surface area contributed by atoms with Gasteiger partial charge in [-0.1, -0.05) is 18.2 Å². The molecule has 37 heavy (non-hydrogen) atoms. The number of likely N-dealkylation sites (tertiary alicyclic amines) is 1. The lowest BCUT2D eigenvalue weighted by atomic mass is 9.48. The Balaban J connectivity index is 1.26. The van der Waals surface area contributed by atoms with Gasteiger partial charge >= 0.3 is 6.18 Å². The number of hydrogen-bond acceptors (Lipinski definition) is 5. The Labute approximate surface area is 213 Å². The number of alkyl halides is 3. The number of benzene rings is 2. The molecule has 1 spiro atoms. The van der Waals surface area contributed by atoms with Crippen molar-refractivity contribution in [2.75, 3.05) is 20.6 Å². The molecule has 2 fully saturated rings. The van der Waals surface area contributed by atoms with Gasteiger partial charge in [-0.25, -0.2) is 0 Å². The van der Waals surface area contributed by atoms with Crippen LogP contribution >= 0.6 is 0 Å². The molecule has 1 amide bonds. The Morgan fingerprint density at radius 2 is 1.92 bits per heavy atom. The van der Waals surface area contributed by atoms with Gasteiger partial charge in [0.1, 0.15) is 6.10 Å². The van der Waals surface area contributed by atoms with Crippen molar-refractivity contribution in [1.29, 1.82) is 0 Å². The molecule has 9 heteroatoms. The monoisotopic (exact) mass is 516 g/mol. The van der Waals surface area contributed by atoms with Gasteiger partial charge in [0.05, 0.1) is 22.6 Å². The number of carbonyl (C=O) groups excluding carboxylic acids is 1. The molecule has 2 N–H and O–H groups in total. The predicted molar refractivity (Wildman–Crippen MR) is 129 cm³/mol. The fraction of sp³-hybridized carbons (Fsp3) is 0.536. The van der Waals surface area contributed by atoms with Crippen LogP contribution in [0.25, 0.3) is 0 Å². The molecule has 6 rings (SSSR count). The highest BCUT2D eigenvalue weighted by Gasteiger charge is 2.73. The lowest BCUT2D eigenvalue weighted by molar-refractivity contribution is -0.196. The molecule has 2 bridgehead atoms. The van der Waals surface area contributed by atoms with Crippen LogP contribution in [0.5, 0.6) is 11.5 Å². The van der Waals surface area contributed by atoms with Crippen molar-refractivity contribution in [2.45, 2.75) is 73.9 Å². The van der Waals surface area contributed by atoms with E-state index in [4.69, 9.17) is 4.74 Å². The molecule has 4 aliphatic rings. The number of phenols is 1. The van der Waals surface area contributed by atoms with Gasteiger partial charge in [-0.3, -0.25) is 4.79 Å². The summed E-state index contributed by atoms with van der Waals surface area (Å²) in [6.45, 7) is 0.777. The van der Waals surface area contributed by atoms with Crippen LogP contribution < -0.4 is 4.74 Å². The summed E-state index contributed by atoms with van der Waals surface area (Å²) < 4.78 is 45.1. The van der Waals surface area contributed by atoms with Crippen molar-refractivity contribution >= 4 is 5.91 Å². The van der Waals surface area contributed by atoms with Crippen LogP contribution in [0.1, 0.15) is 47.9 Å². The van der Waals surface area contributed by atoms with Gasteiger partial charge in [0, 0.05) is 25.1 Å². The van der Waals surface area contributed by atoms with Gasteiger partial charge in [0.2, 0.25) is 5.91 Å². The van der Waals surface area contributed by atoms with Crippen LogP contribution in [0.3, 0.4) is 0 Å². The third-order valence-corrected chi connectivity index (χ3v) is 9.50. The second kappa shape index (κ2) is 8.11. The van der Waals surface area contributed by atoms with E-state index in [-0.39, 0.29) is 30.2 Å². The first-order valence-corrected chi connectivity index (χ1v) is 12.8. The van der Waals surface area contributed by atoms with E-state index in [2.05, 4.69) is 4.90 Å². The molecule has 2 aromatic rings. The Morgan fingerprint density at radius 1 is 1.19 bits per heavy atom. The van der Waals surface area contributed by atoms with Crippen molar-refractivity contribution < 1.29 is 32.9 Å². The van der Waals surface area contributed by atoms with Gasteiger partial charge < -0.3 is 24.7 Å². The topological polar surface area (TPSA) is 73.2 Å². The molecule has 2 aromatic carbocycles. The molecule has 2 unspecified atom stereocenters. The van der Waals surface area contributed by atoms with Crippen molar-refractivity contribution in [3.05, 3.63) is 58.7 Å². The Bertz CT molecular complexity index is 1250. The SMILES string of the molecule is CN(C(=O)CCc1ccc(C(F)(F)F)cc1)C1CC[C@@]2(O)[C@H]3Cc4ccc(O)c5c4[C@@]2(CCN3C)C1O5. The fourth-order valence-electron chi connectivity index (χ4n) is 7.60. The average molecular weight is 517 g/mol. The van der Waals surface area contributed by atoms with Gasteiger partial charge in [-0.05, 0) is 75.0 Å². The molecule has 5 atom stereocenters. The zero-order chi connectivity index (χ0) is 26.3. The normalized spacial score (nSPS) is 32.0. The lowest BCUT2D eigenvalue weighted by Crippen LogP contribution is -2.77. The summed E-state index contributed by atoms with van der Waals surface area (Å²) in [5.74, 6) is 0.356. The molecule has 198 valence electrons. The van der Waals surface area contributed by atoms with E-state index in [1.54, 1.807) is 18.0 Å². The molecule has 2 aliphatic heterocycles. The number of aliphatic hydroxyl groups is 1. The maximum Gasteiger partial charge on any atom is 0.416 e. The van der Waals surface area contributed by atoms with Crippen molar-refractivity contribution in [1.82, 2.24) is 9.80 Å². The minimum absolute atomic E-state index is 0.0530. The van der Waals surface area contributed by atoms with E-state index in [1.165, 1.54) is 12.1 Å². The van der Waals surface area contributed by atoms with Crippen LogP contribution in [0.2, 0.25) is 0 Å². The minimum atomic E-state index is -4.39. The van der Waals surface area contributed by atoms with Crippen molar-refractivity contribution in [3.8, 4) is 11.5 Å². The van der Waals surface area contributed by atoms with E-state index in [1.807, 2.05) is 13.1 Å². The number of amides is 1. The maximum absolute atomic E-state index is 13.3. The third kappa shape index (κ3) is 3.36. The third-order valence-electron chi connectivity index (χ3n) is 9.50. The van der Waals surface area contributed by atoms with Crippen LogP contribution in [-0.4, -0.2) is 70.3 Å². The highest BCUT2D eigenvalue weighted by atomic mass is 19.4. The summed E-state index contributed by atoms with van der Waals surface area (Å²) in [7, 11) is 3.78. The van der Waals surface area contributed by atoms with Crippen LogP contribution in [0.4, 0.5) is 13.2 Å². The maximum atomic E-state index is 13.3. The zero-order valence-electron chi connectivity index (χ0n) is 20.9. The number of rotatable bonds is 4. The standard InChI is InChI=1S/C28H31F3N2O4/c1-32-14-13-26-23-17-6-9-20(34)24(23)37-25(26)19(11-12-27(26,36)21(32)15-17)33(2)22(35)10-5-16-3-7-18(8-4-16)28(29,30)31/h3-4,6-9,19,21,25,34,36H,5,10-15H2,1-2H3/t19?,21-,25?,26+,27-/m1/s1. The first-order chi connectivity index (χ1) is 17.5. The molecule has 2 aliphatic carbocycles. The number of hydrogen-bond donors (Lipinski definition) is 2. The van der Waals surface area contributed by atoms with Gasteiger partial charge in [-0.15, -0.1) is 0 Å². The Kier molecular flexibility index (Phi) is 5.38. The molecule has 2 heterocycles. The number of carbonyl (C=O) groups is 1. The number of phenolic OH excluding ortho intramolecular Hbond substituents is 1. The van der Waals surface area contributed by atoms with E-state index in [0.717, 1.165) is 29.8 Å². The van der Waals surface area contributed by atoms with E-state index < -0.39 is 28.9 Å². The summed E-state index contributed by atoms with van der Waals surface area (Å²) in [5, 5.41) is 22.9. The number of aromatic hydroxyl groups is 1. The first-order valence-electron chi connectivity index (χ1n) is 12.8. The molecule has 0 radical (unpaired) electrons. The number of piperidine rings is 1. The van der Waals surface area contributed by atoms with E-state index >= 15 is 0 Å². The molecule has 0 aromatic heterocycles. The minimum Gasteiger partial charge on any atom is -0.504 e. The zero-order valence-corrected chi connectivity index (χ0v) is 20.9. The number of halogens is 3. The number of ether oxygens (including phenoxy) is 1. The largest absolute Gasteiger partial charge is 0.504 e. The molecular weight excluding hydrogens is 485 g/mol. The van der Waals surface area contributed by atoms with Crippen LogP contribution in [0, 0.1) is 0 Å². The van der Waals surface area contributed by atoms with E-state index in [0.29, 0.717) is 43.4 Å². The highest BCUT2D eigenvalue weighted by Crippen LogP contribution is 2.65. The lowest BCUT2D eigenvalue weighted by Gasteiger charge is -2.64. The highest BCUT2D eigenvalue weighted by molar-refractivity contribution is 5.77. The second-order valence-electron chi connectivity index (χ2n) is 11.1. The van der Waals surface area contributed by atoms with E-state index in [9.17, 15) is 28.2 Å². The summed E-state index contributed by atoms with van der Waals surface area (Å²) in [6.07, 6.45) is -2.00. The number of likely N-dealkylation sites (N-methyl/N-ethyl adjacent to an activating group) is 2. The summed E-state index contributed by atoms with van der Waals surface area (Å²) in [4.78, 5) is 17.2. The number of nitrogens with zero attached hydrogens (tertiary/aromatic N) is 2. The van der Waals surface area contributed by atoms with Gasteiger partial charge in [0.25, 0.3) is 0 Å². The van der Waals surface area contributed by atoms with Gasteiger partial charge in [0.15, 0.2) is 11.5 Å². The summed E-state index contributed by atoms with van der Waals surface area (Å²) >= 11 is 0. The molecule has 1 saturated carbocycles. The number of aryl methyl sites for hydroxylation is 1. The quantitative estimate of drug-likeness (QED) is 0.649. The summed E-state index contributed by atoms with van der Waals surface area (Å²) in [6, 6.07) is 8.11. The van der Waals surface area contributed by atoms with Crippen molar-refractivity contribution in [3.63, 3.8) is 0 Å².